The van der Waals surface area contributed by atoms with E-state index < -0.39 is 6.09 Å². The monoisotopic (exact) mass is 305 g/mol. The fourth-order valence-electron chi connectivity index (χ4n) is 2.14. The van der Waals surface area contributed by atoms with E-state index >= 15 is 0 Å². The van der Waals surface area contributed by atoms with Gasteiger partial charge in [0.2, 0.25) is 0 Å². The lowest BCUT2D eigenvalue weighted by Gasteiger charge is -2.06. The Labute approximate surface area is 133 Å². The number of nitrogens with one attached hydrogen (secondary N) is 1. The van der Waals surface area contributed by atoms with Crippen molar-refractivity contribution < 1.29 is 14.3 Å². The molecule has 22 heavy (non-hydrogen) atoms. The number of alkyl carbamates (subject to hydrolysis) is 1. The Hall–Kier alpha value is -1.84. The highest BCUT2D eigenvalue weighted by Gasteiger charge is 2.06. The molecular weight excluding hydrogens is 278 g/mol. The lowest BCUT2D eigenvalue weighted by molar-refractivity contribution is -0.118. The smallest absolute Gasteiger partial charge is 0.407 e. The van der Waals surface area contributed by atoms with E-state index in [-0.39, 0.29) is 12.3 Å². The molecule has 1 aromatic carbocycles. The summed E-state index contributed by atoms with van der Waals surface area (Å²) in [7, 11) is 0. The molecule has 0 aromatic heterocycles. The van der Waals surface area contributed by atoms with Gasteiger partial charge in [0.05, 0.1) is 13.2 Å². The molecule has 0 atom stereocenters. The van der Waals surface area contributed by atoms with E-state index in [0.29, 0.717) is 13.0 Å². The van der Waals surface area contributed by atoms with E-state index in [1.807, 2.05) is 18.2 Å². The first kappa shape index (κ1) is 18.2. The average Bonchev–Trinajstić information content (AvgIpc) is 2.54. The van der Waals surface area contributed by atoms with Crippen LogP contribution in [0.2, 0.25) is 0 Å². The fourth-order valence-corrected chi connectivity index (χ4v) is 2.14. The topological polar surface area (TPSA) is 55.4 Å². The number of Topliss-reactive ketones (excluding diaryl/α,β-unsaturated/α-hetero) is 1. The number of unbranched alkanes of at least 4 members (excludes halogenated alkanes) is 3. The molecule has 0 saturated carbocycles. The minimum absolute atomic E-state index is 0.0406. The number of hydrogen-bond acceptors (Lipinski definition) is 3. The average molecular weight is 305 g/mol. The van der Waals surface area contributed by atoms with E-state index in [1.54, 1.807) is 0 Å². The molecule has 0 aliphatic carbocycles. The van der Waals surface area contributed by atoms with Gasteiger partial charge >= 0.3 is 6.09 Å². The zero-order valence-corrected chi connectivity index (χ0v) is 13.5. The summed E-state index contributed by atoms with van der Waals surface area (Å²) >= 11 is 0. The third-order valence-electron chi connectivity index (χ3n) is 3.42. The summed E-state index contributed by atoms with van der Waals surface area (Å²) in [5, 5.41) is 2.51. The van der Waals surface area contributed by atoms with Gasteiger partial charge < -0.3 is 10.1 Å². The van der Waals surface area contributed by atoms with Crippen LogP contribution in [0.1, 0.15) is 51.0 Å². The largest absolute Gasteiger partial charge is 0.450 e. The van der Waals surface area contributed by atoms with E-state index in [4.69, 9.17) is 4.74 Å². The van der Waals surface area contributed by atoms with Gasteiger partial charge in [-0.25, -0.2) is 4.79 Å². The van der Waals surface area contributed by atoms with Crippen molar-refractivity contribution in [2.45, 2.75) is 51.9 Å². The van der Waals surface area contributed by atoms with Crippen LogP contribution in [0.15, 0.2) is 30.3 Å². The maximum Gasteiger partial charge on any atom is 0.407 e. The summed E-state index contributed by atoms with van der Waals surface area (Å²) in [6.45, 7) is 2.62. The van der Waals surface area contributed by atoms with Crippen molar-refractivity contribution in [1.82, 2.24) is 5.32 Å². The minimum atomic E-state index is -0.493. The normalized spacial score (nSPS) is 10.2. The number of benzene rings is 1. The van der Waals surface area contributed by atoms with Gasteiger partial charge in [0, 0.05) is 6.42 Å². The van der Waals surface area contributed by atoms with Gasteiger partial charge in [-0.2, -0.15) is 0 Å². The third-order valence-corrected chi connectivity index (χ3v) is 3.42. The minimum Gasteiger partial charge on any atom is -0.450 e. The quantitative estimate of drug-likeness (QED) is 0.631. The summed E-state index contributed by atoms with van der Waals surface area (Å²) in [5.74, 6) is 0.0406. The zero-order chi connectivity index (χ0) is 16.0. The zero-order valence-electron chi connectivity index (χ0n) is 13.5. The number of rotatable bonds is 11. The van der Waals surface area contributed by atoms with E-state index in [2.05, 4.69) is 24.4 Å². The van der Waals surface area contributed by atoms with Crippen LogP contribution in [0.4, 0.5) is 4.79 Å². The Kier molecular flexibility index (Phi) is 9.75. The number of hydrogen-bond donors (Lipinski definition) is 1. The Morgan fingerprint density at radius 3 is 2.55 bits per heavy atom. The number of ether oxygens (including phenoxy) is 1. The van der Waals surface area contributed by atoms with Crippen LogP contribution in [-0.2, 0) is 16.0 Å². The number of amides is 1. The summed E-state index contributed by atoms with van der Waals surface area (Å²) in [6.07, 6.45) is 5.94. The van der Waals surface area contributed by atoms with Gasteiger partial charge in [0.25, 0.3) is 0 Å². The van der Waals surface area contributed by atoms with Crippen LogP contribution in [-0.4, -0.2) is 25.0 Å². The number of ketones is 1. The Morgan fingerprint density at radius 1 is 1.05 bits per heavy atom. The second kappa shape index (κ2) is 11.8. The second-order valence-corrected chi connectivity index (χ2v) is 5.43. The third kappa shape index (κ3) is 9.16. The molecule has 4 nitrogen and oxygen atoms in total. The van der Waals surface area contributed by atoms with Crippen molar-refractivity contribution in [2.24, 2.45) is 0 Å². The SMILES string of the molecule is CCCCCCOC(=O)NCC(=O)CCCc1ccccc1. The summed E-state index contributed by atoms with van der Waals surface area (Å²) in [5.41, 5.74) is 1.23. The molecule has 1 N–H and O–H groups in total. The molecule has 4 heteroatoms. The number of carbonyl (C=O) groups is 2. The van der Waals surface area contributed by atoms with Crippen LogP contribution in [0.25, 0.3) is 0 Å². The van der Waals surface area contributed by atoms with Crippen molar-refractivity contribution in [1.29, 1.82) is 0 Å². The maximum absolute atomic E-state index is 11.7. The standard InChI is InChI=1S/C18H27NO3/c1-2-3-4-8-14-22-18(21)19-15-17(20)13-9-12-16-10-6-5-7-11-16/h5-7,10-11H,2-4,8-9,12-15H2,1H3,(H,19,21). The van der Waals surface area contributed by atoms with E-state index in [9.17, 15) is 9.59 Å². The molecule has 0 saturated heterocycles. The predicted octanol–water partition coefficient (Wildman–Crippen LogP) is 3.88. The Bertz CT molecular complexity index is 431. The molecule has 0 aliphatic heterocycles. The molecular formula is C18H27NO3. The van der Waals surface area contributed by atoms with Gasteiger partial charge in [0.15, 0.2) is 5.78 Å². The van der Waals surface area contributed by atoms with Crippen molar-refractivity contribution in [3.63, 3.8) is 0 Å². The predicted molar refractivity (Wildman–Crippen MR) is 87.9 cm³/mol. The molecule has 1 aromatic rings. The van der Waals surface area contributed by atoms with Crippen LogP contribution in [0, 0.1) is 0 Å². The molecule has 0 bridgehead atoms. The molecule has 1 rings (SSSR count). The van der Waals surface area contributed by atoms with Crippen LogP contribution < -0.4 is 5.32 Å². The highest BCUT2D eigenvalue weighted by Crippen LogP contribution is 2.04. The highest BCUT2D eigenvalue weighted by molar-refractivity contribution is 5.83. The Balaban J connectivity index is 2.01. The molecule has 0 heterocycles. The van der Waals surface area contributed by atoms with Crippen molar-refractivity contribution in [2.75, 3.05) is 13.2 Å². The lowest BCUT2D eigenvalue weighted by atomic mass is 10.1. The first-order valence-electron chi connectivity index (χ1n) is 8.18. The molecule has 0 radical (unpaired) electrons. The molecule has 0 unspecified atom stereocenters. The molecule has 122 valence electrons. The Morgan fingerprint density at radius 2 is 1.82 bits per heavy atom. The van der Waals surface area contributed by atoms with Crippen molar-refractivity contribution >= 4 is 11.9 Å². The van der Waals surface area contributed by atoms with Crippen LogP contribution in [0.3, 0.4) is 0 Å². The first-order chi connectivity index (χ1) is 10.7. The number of carbonyl (C=O) groups excluding carboxylic acids is 2. The second-order valence-electron chi connectivity index (χ2n) is 5.43. The summed E-state index contributed by atoms with van der Waals surface area (Å²) in [4.78, 5) is 23.1. The first-order valence-corrected chi connectivity index (χ1v) is 8.18. The van der Waals surface area contributed by atoms with Gasteiger partial charge in [-0.05, 0) is 24.8 Å². The van der Waals surface area contributed by atoms with Crippen LogP contribution >= 0.6 is 0 Å². The fraction of sp³-hybridized carbons (Fsp3) is 0.556. The van der Waals surface area contributed by atoms with Gasteiger partial charge in [-0.15, -0.1) is 0 Å². The van der Waals surface area contributed by atoms with Crippen LogP contribution in [0.5, 0.6) is 0 Å². The van der Waals surface area contributed by atoms with Gasteiger partial charge in [0.1, 0.15) is 0 Å². The molecule has 1 amide bonds. The molecule has 0 fully saturated rings. The van der Waals surface area contributed by atoms with E-state index in [1.165, 1.54) is 5.56 Å². The van der Waals surface area contributed by atoms with Gasteiger partial charge in [-0.3, -0.25) is 4.79 Å². The van der Waals surface area contributed by atoms with Crippen molar-refractivity contribution in [3.05, 3.63) is 35.9 Å². The highest BCUT2D eigenvalue weighted by atomic mass is 16.5. The summed E-state index contributed by atoms with van der Waals surface area (Å²) < 4.78 is 5.01. The van der Waals surface area contributed by atoms with Gasteiger partial charge in [-0.1, -0.05) is 56.5 Å². The molecule has 0 aliphatic rings. The number of aryl methyl sites for hydroxylation is 1. The summed E-state index contributed by atoms with van der Waals surface area (Å²) in [6, 6.07) is 10.1. The maximum atomic E-state index is 11.7. The lowest BCUT2D eigenvalue weighted by Crippen LogP contribution is -2.30. The molecule has 0 spiro atoms. The van der Waals surface area contributed by atoms with E-state index in [0.717, 1.165) is 38.5 Å². The van der Waals surface area contributed by atoms with Crippen molar-refractivity contribution in [3.8, 4) is 0 Å².